The van der Waals surface area contributed by atoms with Gasteiger partial charge in [0, 0.05) is 16.2 Å². The fourth-order valence-electron chi connectivity index (χ4n) is 5.37. The van der Waals surface area contributed by atoms with Crippen molar-refractivity contribution >= 4 is 0 Å². The maximum absolute atomic E-state index is 3.82. The van der Waals surface area contributed by atoms with Crippen molar-refractivity contribution in [3.05, 3.63) is 16.9 Å². The number of rotatable bonds is 2. The predicted molar refractivity (Wildman–Crippen MR) is 88.7 cm³/mol. The summed E-state index contributed by atoms with van der Waals surface area (Å²) < 4.78 is 0. The first-order valence-corrected chi connectivity index (χ1v) is 8.72. The molecule has 114 valence electrons. The van der Waals surface area contributed by atoms with Crippen LogP contribution >= 0.6 is 0 Å². The molecule has 0 aromatic carbocycles. The number of hydrogen-bond donors (Lipinski definition) is 0. The molecule has 0 heterocycles. The van der Waals surface area contributed by atoms with E-state index in [1.54, 1.807) is 5.57 Å². The summed E-state index contributed by atoms with van der Waals surface area (Å²) in [5.74, 6) is 0. The van der Waals surface area contributed by atoms with Crippen molar-refractivity contribution in [1.29, 1.82) is 0 Å². The molecule has 0 aliphatic heterocycles. The molecule has 3 aliphatic carbocycles. The number of hydrogen-bond acceptors (Lipinski definition) is 0. The van der Waals surface area contributed by atoms with Gasteiger partial charge in [-0.2, -0.15) is 0 Å². The largest absolute Gasteiger partial charge is 0.121 e. The molecular weight excluding hydrogens is 240 g/mol. The van der Waals surface area contributed by atoms with Crippen LogP contribution in [0.1, 0.15) is 87.5 Å². The molecule has 4 unspecified atom stereocenters. The van der Waals surface area contributed by atoms with E-state index >= 15 is 0 Å². The summed E-state index contributed by atoms with van der Waals surface area (Å²) in [6, 6.07) is 0. The van der Waals surface area contributed by atoms with Crippen LogP contribution in [0.3, 0.4) is 0 Å². The first-order valence-electron chi connectivity index (χ1n) is 8.72. The SMILES string of the molecule is CC.CCCC1(C)CCC2(C)C3=C=C(C)C1(C)CC32C. The van der Waals surface area contributed by atoms with Gasteiger partial charge in [0.1, 0.15) is 0 Å². The molecule has 0 amide bonds. The fourth-order valence-corrected chi connectivity index (χ4v) is 5.37. The molecule has 0 heteroatoms. The first kappa shape index (κ1) is 15.9. The maximum atomic E-state index is 3.82. The smallest absolute Gasteiger partial charge is 0.00712 e. The van der Waals surface area contributed by atoms with Gasteiger partial charge in [-0.15, -0.1) is 5.73 Å². The predicted octanol–water partition coefficient (Wildman–Crippen LogP) is 6.52. The topological polar surface area (TPSA) is 0 Å². The van der Waals surface area contributed by atoms with Crippen LogP contribution in [0.15, 0.2) is 16.9 Å². The summed E-state index contributed by atoms with van der Waals surface area (Å²) in [6.07, 6.45) is 6.81. The highest BCUT2D eigenvalue weighted by Gasteiger charge is 2.72. The third-order valence-corrected chi connectivity index (χ3v) is 7.42. The zero-order valence-electron chi connectivity index (χ0n) is 15.0. The van der Waals surface area contributed by atoms with Crippen LogP contribution in [0, 0.1) is 21.7 Å². The summed E-state index contributed by atoms with van der Waals surface area (Å²) in [5.41, 5.74) is 8.78. The Balaban J connectivity index is 0.000000704. The Morgan fingerprint density at radius 1 is 0.950 bits per heavy atom. The third-order valence-electron chi connectivity index (χ3n) is 7.42. The Morgan fingerprint density at radius 2 is 1.55 bits per heavy atom. The lowest BCUT2D eigenvalue weighted by atomic mass is 9.55. The van der Waals surface area contributed by atoms with Crippen LogP contribution in [-0.4, -0.2) is 0 Å². The summed E-state index contributed by atoms with van der Waals surface area (Å²) >= 11 is 0. The standard InChI is InChI=1S/C18H28.C2H6/c1-7-8-15(3)9-10-16(4)14-11-13(2)17(15,5)12-18(14,16)6;1-2/h7-10,12H2,1-6H3;1-2H3. The monoisotopic (exact) mass is 274 g/mol. The molecule has 0 radical (unpaired) electrons. The maximum Gasteiger partial charge on any atom is 0.00712 e. The first-order chi connectivity index (χ1) is 9.23. The van der Waals surface area contributed by atoms with Gasteiger partial charge < -0.3 is 0 Å². The van der Waals surface area contributed by atoms with E-state index in [4.69, 9.17) is 0 Å². The lowest BCUT2D eigenvalue weighted by molar-refractivity contribution is 0.0674. The van der Waals surface area contributed by atoms with Gasteiger partial charge in [0.05, 0.1) is 0 Å². The summed E-state index contributed by atoms with van der Waals surface area (Å²) in [5, 5.41) is 0. The van der Waals surface area contributed by atoms with Gasteiger partial charge in [0.25, 0.3) is 0 Å². The minimum Gasteiger partial charge on any atom is -0.121 e. The molecular formula is C20H34. The molecule has 0 saturated heterocycles. The van der Waals surface area contributed by atoms with Crippen molar-refractivity contribution in [2.24, 2.45) is 21.7 Å². The lowest BCUT2D eigenvalue weighted by Gasteiger charge is -2.49. The summed E-state index contributed by atoms with van der Waals surface area (Å²) in [7, 11) is 0. The van der Waals surface area contributed by atoms with E-state index in [2.05, 4.69) is 47.3 Å². The summed E-state index contributed by atoms with van der Waals surface area (Å²) in [6.45, 7) is 18.7. The molecule has 0 nitrogen and oxygen atoms in total. The molecule has 2 fully saturated rings. The van der Waals surface area contributed by atoms with Crippen molar-refractivity contribution < 1.29 is 0 Å². The van der Waals surface area contributed by atoms with E-state index < -0.39 is 0 Å². The second-order valence-corrected chi connectivity index (χ2v) is 8.11. The summed E-state index contributed by atoms with van der Waals surface area (Å²) in [4.78, 5) is 0. The highest BCUT2D eigenvalue weighted by atomic mass is 14.7. The van der Waals surface area contributed by atoms with Crippen LogP contribution in [0.2, 0.25) is 0 Å². The highest BCUT2D eigenvalue weighted by Crippen LogP contribution is 2.80. The Bertz CT molecular complexity index is 478. The molecule has 0 N–H and O–H groups in total. The normalized spacial score (nSPS) is 48.4. The number of allylic oxidation sites excluding steroid dienone is 1. The van der Waals surface area contributed by atoms with Gasteiger partial charge in [-0.3, -0.25) is 0 Å². The average molecular weight is 274 g/mol. The minimum atomic E-state index is 0.371. The van der Waals surface area contributed by atoms with Crippen molar-refractivity contribution in [2.75, 3.05) is 0 Å². The van der Waals surface area contributed by atoms with E-state index in [1.165, 1.54) is 37.7 Å². The quantitative estimate of drug-likeness (QED) is 0.503. The van der Waals surface area contributed by atoms with Gasteiger partial charge in [0.15, 0.2) is 0 Å². The molecule has 3 aliphatic rings. The zero-order valence-corrected chi connectivity index (χ0v) is 15.0. The van der Waals surface area contributed by atoms with Gasteiger partial charge >= 0.3 is 0 Å². The van der Waals surface area contributed by atoms with Crippen molar-refractivity contribution in [3.8, 4) is 0 Å². The molecule has 0 aromatic heterocycles. The van der Waals surface area contributed by atoms with Crippen LogP contribution in [0.5, 0.6) is 0 Å². The Kier molecular flexibility index (Phi) is 3.58. The van der Waals surface area contributed by atoms with Crippen LogP contribution in [0.25, 0.3) is 0 Å². The molecule has 20 heavy (non-hydrogen) atoms. The van der Waals surface area contributed by atoms with Crippen LogP contribution in [0.4, 0.5) is 0 Å². The highest BCUT2D eigenvalue weighted by molar-refractivity contribution is 5.50. The van der Waals surface area contributed by atoms with Gasteiger partial charge in [-0.25, -0.2) is 0 Å². The van der Waals surface area contributed by atoms with E-state index in [-0.39, 0.29) is 0 Å². The Labute approximate surface area is 126 Å². The molecule has 0 spiro atoms. The molecule has 4 atom stereocenters. The van der Waals surface area contributed by atoms with Gasteiger partial charge in [-0.05, 0) is 49.2 Å². The second kappa shape index (κ2) is 4.51. The Morgan fingerprint density at radius 3 is 2.10 bits per heavy atom. The zero-order chi connectivity index (χ0) is 15.4. The third kappa shape index (κ3) is 1.61. The molecule has 2 saturated carbocycles. The van der Waals surface area contributed by atoms with E-state index in [1.807, 2.05) is 13.8 Å². The lowest BCUT2D eigenvalue weighted by Crippen LogP contribution is -2.40. The van der Waals surface area contributed by atoms with Crippen molar-refractivity contribution in [1.82, 2.24) is 0 Å². The van der Waals surface area contributed by atoms with E-state index in [0.29, 0.717) is 21.7 Å². The minimum absolute atomic E-state index is 0.371. The number of fused-ring (bicyclic) bond motifs is 2. The Hall–Kier alpha value is -0.480. The van der Waals surface area contributed by atoms with Gasteiger partial charge in [-0.1, -0.05) is 54.9 Å². The molecule has 0 aromatic rings. The van der Waals surface area contributed by atoms with Crippen molar-refractivity contribution in [2.45, 2.75) is 87.5 Å². The van der Waals surface area contributed by atoms with E-state index in [0.717, 1.165) is 0 Å². The van der Waals surface area contributed by atoms with E-state index in [9.17, 15) is 0 Å². The molecule has 2 bridgehead atoms. The average Bonchev–Trinajstić information content (AvgIpc) is 2.88. The van der Waals surface area contributed by atoms with Crippen LogP contribution in [-0.2, 0) is 0 Å². The molecule has 3 rings (SSSR count). The van der Waals surface area contributed by atoms with Crippen molar-refractivity contribution in [3.63, 3.8) is 0 Å². The van der Waals surface area contributed by atoms with Crippen LogP contribution < -0.4 is 0 Å². The van der Waals surface area contributed by atoms with Gasteiger partial charge in [0.2, 0.25) is 0 Å². The fraction of sp³-hybridized carbons (Fsp3) is 0.850. The second-order valence-electron chi connectivity index (χ2n) is 8.11.